The van der Waals surface area contributed by atoms with Gasteiger partial charge in [0.2, 0.25) is 0 Å². The predicted molar refractivity (Wildman–Crippen MR) is 95.2 cm³/mol. The number of benzene rings is 2. The van der Waals surface area contributed by atoms with Crippen LogP contribution in [0.2, 0.25) is 0 Å². The maximum Gasteiger partial charge on any atom is 0.137 e. The van der Waals surface area contributed by atoms with Crippen LogP contribution in [0.15, 0.2) is 42.5 Å². The number of amides is 1. The van der Waals surface area contributed by atoms with E-state index in [1.165, 1.54) is 13.0 Å². The normalized spacial score (nSPS) is 10.1. The summed E-state index contributed by atoms with van der Waals surface area (Å²) in [5, 5.41) is 20.3. The van der Waals surface area contributed by atoms with E-state index in [1.807, 2.05) is 19.1 Å². The Labute approximate surface area is 153 Å². The molecule has 2 aromatic carbocycles. The first-order chi connectivity index (χ1) is 12.2. The van der Waals surface area contributed by atoms with Crippen molar-refractivity contribution in [3.63, 3.8) is 0 Å². The van der Waals surface area contributed by atoms with Gasteiger partial charge in [-0.15, -0.1) is 0 Å². The van der Waals surface area contributed by atoms with Crippen molar-refractivity contribution in [2.24, 2.45) is 0 Å². The molecule has 0 aliphatic rings. The molecule has 9 heteroatoms. The summed E-state index contributed by atoms with van der Waals surface area (Å²) in [5.74, 6) is -0.185. The number of hydrogen-bond donors (Lipinski definition) is 4. The van der Waals surface area contributed by atoms with Gasteiger partial charge in [-0.05, 0) is 19.1 Å². The molecule has 0 bridgehead atoms. The Hall–Kier alpha value is -2.72. The summed E-state index contributed by atoms with van der Waals surface area (Å²) in [5.41, 5.74) is 0.877. The Bertz CT molecular complexity index is 857. The van der Waals surface area contributed by atoms with E-state index in [4.69, 9.17) is 18.2 Å². The summed E-state index contributed by atoms with van der Waals surface area (Å²) in [6, 6.07) is 12.8. The van der Waals surface area contributed by atoms with Gasteiger partial charge < -0.3 is 4.74 Å². The van der Waals surface area contributed by atoms with Gasteiger partial charge in [-0.3, -0.25) is 0 Å². The Balaban J connectivity index is 0.000000273. The predicted octanol–water partition coefficient (Wildman–Crippen LogP) is 0.869. The third-order valence-electron chi connectivity index (χ3n) is 2.92. The minimum atomic E-state index is -5.09. The Morgan fingerprint density at radius 2 is 1.92 bits per heavy atom. The molecule has 138 valence electrons. The van der Waals surface area contributed by atoms with Crippen molar-refractivity contribution >= 4 is 30.1 Å². The number of para-hydroxylation sites is 1. The molecule has 8 nitrogen and oxygen atoms in total. The first kappa shape index (κ1) is 21.3. The maximum atomic E-state index is 10.9. The molecule has 2 rings (SSSR count). The minimum absolute atomic E-state index is 0.285. The quantitative estimate of drug-likeness (QED) is 0.536. The summed E-state index contributed by atoms with van der Waals surface area (Å²) >= 11 is -5.09. The van der Waals surface area contributed by atoms with E-state index in [0.717, 1.165) is 12.1 Å². The number of carbonyl (C=O) groups excluding carboxylic acids is 1. The smallest absolute Gasteiger partial charge is 0.137 e. The van der Waals surface area contributed by atoms with Gasteiger partial charge in [-0.2, -0.15) is 5.26 Å². The Morgan fingerprint density at radius 3 is 2.42 bits per heavy atom. The molecule has 0 fully saturated rings. The molecule has 0 aliphatic heterocycles. The van der Waals surface area contributed by atoms with Crippen LogP contribution in [0.3, 0.4) is 0 Å². The zero-order valence-corrected chi connectivity index (χ0v) is 16.1. The fourth-order valence-electron chi connectivity index (χ4n) is 1.89. The molecule has 2 aromatic rings. The number of rotatable bonds is 4. The number of nitriles is 1. The third kappa shape index (κ3) is 6.65. The average Bonchev–Trinajstić information content (AvgIpc) is 2.54. The van der Waals surface area contributed by atoms with Gasteiger partial charge in [0.15, 0.2) is 0 Å². The zero-order chi connectivity index (χ0) is 19.7. The summed E-state index contributed by atoms with van der Waals surface area (Å²) in [4.78, 5) is 10.7. The van der Waals surface area contributed by atoms with Crippen LogP contribution in [0.1, 0.15) is 19.4 Å². The molecular formula is C17H19AsN2O6. The van der Waals surface area contributed by atoms with Gasteiger partial charge in [-0.1, -0.05) is 12.1 Å². The van der Waals surface area contributed by atoms with Crippen molar-refractivity contribution in [1.29, 1.82) is 5.26 Å². The second kappa shape index (κ2) is 9.68. The van der Waals surface area contributed by atoms with E-state index >= 15 is 0 Å². The van der Waals surface area contributed by atoms with E-state index in [0.29, 0.717) is 17.9 Å². The molecule has 0 saturated heterocycles. The number of phenols is 1. The first-order valence-corrected chi connectivity index (χ1v) is 10.9. The van der Waals surface area contributed by atoms with Crippen LogP contribution >= 0.6 is 0 Å². The number of aromatic hydroxyl groups is 1. The molecule has 0 saturated carbocycles. The standard InChI is InChI=1S/C9H9NO.C8H10AsNO5/c1-2-11-9-6-4-3-5-8(9)7-10;1-5(11)10-6-2-3-7(8(12)4-6)9(13,14)15/h3-6H,2H2,1H3;2-4,12H,1H3,(H,10,11)(H2,13,14,15). The van der Waals surface area contributed by atoms with E-state index < -0.39 is 24.3 Å². The molecule has 26 heavy (non-hydrogen) atoms. The minimum Gasteiger partial charge on any atom is -0.492 e. The average molecular weight is 422 g/mol. The molecule has 0 aromatic heterocycles. The SMILES string of the molecule is CC(=O)Nc1ccc([As](=O)(O)O)c(O)c1.CCOc1ccccc1C#N. The van der Waals surface area contributed by atoms with E-state index in [2.05, 4.69) is 11.4 Å². The van der Waals surface area contributed by atoms with Crippen LogP contribution in [0.25, 0.3) is 0 Å². The fourth-order valence-corrected chi connectivity index (χ4v) is 3.22. The Kier molecular flexibility index (Phi) is 7.94. The molecule has 0 heterocycles. The molecule has 0 radical (unpaired) electrons. The van der Waals surface area contributed by atoms with Gasteiger partial charge in [0.1, 0.15) is 11.8 Å². The summed E-state index contributed by atoms with van der Waals surface area (Å²) < 4.78 is 33.4. The number of nitrogens with one attached hydrogen (secondary N) is 1. The van der Waals surface area contributed by atoms with Crippen LogP contribution in [0.4, 0.5) is 5.69 Å². The van der Waals surface area contributed by atoms with E-state index in [9.17, 15) is 13.6 Å². The number of hydrogen-bond acceptors (Lipinski definition) is 5. The van der Waals surface area contributed by atoms with Crippen molar-refractivity contribution < 1.29 is 26.6 Å². The largest absolute Gasteiger partial charge is 0.492 e. The van der Waals surface area contributed by atoms with Crippen molar-refractivity contribution in [2.75, 3.05) is 11.9 Å². The second-order valence-electron chi connectivity index (χ2n) is 4.97. The monoisotopic (exact) mass is 422 g/mol. The zero-order valence-electron chi connectivity index (χ0n) is 14.2. The third-order valence-corrected chi connectivity index (χ3v) is 5.03. The molecule has 0 unspecified atom stereocenters. The summed E-state index contributed by atoms with van der Waals surface area (Å²) in [6.07, 6.45) is 0. The van der Waals surface area contributed by atoms with Crippen LogP contribution in [0.5, 0.6) is 11.5 Å². The molecule has 0 spiro atoms. The number of ether oxygens (including phenoxy) is 1. The van der Waals surface area contributed by atoms with Gasteiger partial charge >= 0.3 is 88.1 Å². The van der Waals surface area contributed by atoms with Crippen molar-refractivity contribution in [3.05, 3.63) is 48.0 Å². The fraction of sp³-hybridized carbons (Fsp3) is 0.176. The molecule has 4 N–H and O–H groups in total. The number of nitrogens with zero attached hydrogens (tertiary/aromatic N) is 1. The second-order valence-corrected chi connectivity index (χ2v) is 8.26. The van der Waals surface area contributed by atoms with Gasteiger partial charge in [0, 0.05) is 0 Å². The Morgan fingerprint density at radius 1 is 1.27 bits per heavy atom. The maximum absolute atomic E-state index is 10.9. The van der Waals surface area contributed by atoms with E-state index in [1.54, 1.807) is 12.1 Å². The number of carbonyl (C=O) groups is 1. The van der Waals surface area contributed by atoms with Gasteiger partial charge in [0.25, 0.3) is 0 Å². The van der Waals surface area contributed by atoms with Gasteiger partial charge in [0.05, 0.1) is 12.2 Å². The van der Waals surface area contributed by atoms with Crippen molar-refractivity contribution in [1.82, 2.24) is 0 Å². The number of anilines is 1. The van der Waals surface area contributed by atoms with Crippen LogP contribution in [0, 0.1) is 11.3 Å². The molecule has 0 atom stereocenters. The first-order valence-electron chi connectivity index (χ1n) is 7.47. The summed E-state index contributed by atoms with van der Waals surface area (Å²) in [6.45, 7) is 3.78. The topological polar surface area (TPSA) is 140 Å². The molecule has 0 aliphatic carbocycles. The number of phenolic OH excluding ortho intramolecular Hbond substituents is 1. The molecular weight excluding hydrogens is 403 g/mol. The van der Waals surface area contributed by atoms with Crippen LogP contribution < -0.4 is 14.4 Å². The molecule has 1 amide bonds. The summed E-state index contributed by atoms with van der Waals surface area (Å²) in [7, 11) is 0. The van der Waals surface area contributed by atoms with Crippen LogP contribution in [-0.4, -0.2) is 40.0 Å². The van der Waals surface area contributed by atoms with Gasteiger partial charge in [-0.25, -0.2) is 0 Å². The van der Waals surface area contributed by atoms with E-state index in [-0.39, 0.29) is 11.6 Å². The van der Waals surface area contributed by atoms with Crippen LogP contribution in [-0.2, 0) is 8.53 Å². The van der Waals surface area contributed by atoms with Crippen molar-refractivity contribution in [2.45, 2.75) is 13.8 Å². The van der Waals surface area contributed by atoms with Crippen molar-refractivity contribution in [3.8, 4) is 17.6 Å².